The van der Waals surface area contributed by atoms with Crippen LogP contribution in [0.4, 0.5) is 0 Å². The van der Waals surface area contributed by atoms with Crippen molar-refractivity contribution < 1.29 is 47.4 Å². The van der Waals surface area contributed by atoms with Gasteiger partial charge in [0, 0.05) is 0 Å². The van der Waals surface area contributed by atoms with Gasteiger partial charge in [-0.15, -0.1) is 0 Å². The summed E-state index contributed by atoms with van der Waals surface area (Å²) in [6, 6.07) is 8.86. The summed E-state index contributed by atoms with van der Waals surface area (Å²) in [7, 11) is 0. The first-order chi connectivity index (χ1) is 26.8. The molecule has 0 aliphatic carbocycles. The average Bonchev–Trinajstić information content (AvgIpc) is 3.20. The van der Waals surface area contributed by atoms with Gasteiger partial charge in [0.05, 0.1) is 79.3 Å². The van der Waals surface area contributed by atoms with Gasteiger partial charge >= 0.3 is 0 Å². The van der Waals surface area contributed by atoms with Crippen LogP contribution in [0.25, 0.3) is 21.5 Å². The van der Waals surface area contributed by atoms with Crippen LogP contribution in [0.5, 0.6) is 23.0 Å². The zero-order valence-electron chi connectivity index (χ0n) is 33.2. The second kappa shape index (κ2) is 25.3. The molecule has 0 unspecified atom stereocenters. The fourth-order valence-electron chi connectivity index (χ4n) is 7.14. The average molecular weight is 755 g/mol. The number of benzene rings is 3. The molecule has 10 heteroatoms. The summed E-state index contributed by atoms with van der Waals surface area (Å²) in [6.45, 7) is 12.3. The van der Waals surface area contributed by atoms with Crippen molar-refractivity contribution in [3.05, 3.63) is 35.4 Å². The predicted molar refractivity (Wildman–Crippen MR) is 213 cm³/mol. The summed E-state index contributed by atoms with van der Waals surface area (Å²) in [5, 5.41) is 4.84. The second-order valence-electron chi connectivity index (χ2n) is 14.0. The van der Waals surface area contributed by atoms with Gasteiger partial charge in [-0.05, 0) is 82.6 Å². The first kappa shape index (κ1) is 42.3. The molecule has 0 radical (unpaired) electrons. The molecule has 302 valence electrons. The Bertz CT molecular complexity index is 1290. The van der Waals surface area contributed by atoms with Crippen molar-refractivity contribution in [2.24, 2.45) is 0 Å². The van der Waals surface area contributed by atoms with E-state index in [0.717, 1.165) is 48.7 Å². The molecule has 10 nitrogen and oxygen atoms in total. The van der Waals surface area contributed by atoms with Crippen LogP contribution in [0, 0.1) is 0 Å². The molecule has 0 aromatic heterocycles. The Balaban J connectivity index is 1.62. The highest BCUT2D eigenvalue weighted by Crippen LogP contribution is 2.44. The maximum atomic E-state index is 6.45. The SMILES string of the molecule is CCCCCCCc1c2cc3c(cc2c(CCCCCCC)c2cc4c(cc12)OCCOCCOCCOCCO4)OCCOCCOCCOCCO3. The van der Waals surface area contributed by atoms with E-state index < -0.39 is 0 Å². The van der Waals surface area contributed by atoms with Crippen molar-refractivity contribution in [3.63, 3.8) is 0 Å². The summed E-state index contributed by atoms with van der Waals surface area (Å²) in [5.74, 6) is 2.92. The van der Waals surface area contributed by atoms with Gasteiger partial charge in [0.2, 0.25) is 0 Å². The molecular formula is C44H66O10. The van der Waals surface area contributed by atoms with Crippen LogP contribution in [-0.2, 0) is 41.3 Å². The lowest BCUT2D eigenvalue weighted by Crippen LogP contribution is -2.13. The second-order valence-corrected chi connectivity index (χ2v) is 14.0. The first-order valence-electron chi connectivity index (χ1n) is 20.9. The Labute approximate surface area is 323 Å². The van der Waals surface area contributed by atoms with E-state index >= 15 is 0 Å². The molecule has 0 atom stereocenters. The minimum Gasteiger partial charge on any atom is -0.487 e. The van der Waals surface area contributed by atoms with Crippen LogP contribution < -0.4 is 18.9 Å². The lowest BCUT2D eigenvalue weighted by atomic mass is 9.86. The topological polar surface area (TPSA) is 92.3 Å². The number of hydrogen-bond donors (Lipinski definition) is 0. The van der Waals surface area contributed by atoms with Gasteiger partial charge in [0.1, 0.15) is 26.4 Å². The summed E-state index contributed by atoms with van der Waals surface area (Å²) in [6.07, 6.45) is 13.9. The molecular weight excluding hydrogens is 688 g/mol. The van der Waals surface area contributed by atoms with E-state index in [1.807, 2.05) is 0 Å². The van der Waals surface area contributed by atoms with Crippen LogP contribution >= 0.6 is 0 Å². The van der Waals surface area contributed by atoms with Crippen molar-refractivity contribution in [2.75, 3.05) is 106 Å². The lowest BCUT2D eigenvalue weighted by molar-refractivity contribution is 0.00708. The van der Waals surface area contributed by atoms with Gasteiger partial charge in [0.15, 0.2) is 23.0 Å². The largest absolute Gasteiger partial charge is 0.487 e. The van der Waals surface area contributed by atoms with E-state index in [1.54, 1.807) is 0 Å². The smallest absolute Gasteiger partial charge is 0.161 e. The third kappa shape index (κ3) is 13.7. The molecule has 5 rings (SSSR count). The van der Waals surface area contributed by atoms with Crippen LogP contribution in [0.1, 0.15) is 89.2 Å². The van der Waals surface area contributed by atoms with E-state index in [2.05, 4.69) is 38.1 Å². The monoisotopic (exact) mass is 754 g/mol. The van der Waals surface area contributed by atoms with Crippen LogP contribution in [0.15, 0.2) is 24.3 Å². The van der Waals surface area contributed by atoms with Gasteiger partial charge in [0.25, 0.3) is 0 Å². The zero-order chi connectivity index (χ0) is 37.5. The van der Waals surface area contributed by atoms with Crippen molar-refractivity contribution >= 4 is 21.5 Å². The minimum atomic E-state index is 0.416. The maximum absolute atomic E-state index is 6.45. The third-order valence-corrected chi connectivity index (χ3v) is 9.96. The van der Waals surface area contributed by atoms with E-state index in [0.29, 0.717) is 106 Å². The number of hydrogen-bond acceptors (Lipinski definition) is 10. The van der Waals surface area contributed by atoms with Crippen molar-refractivity contribution in [3.8, 4) is 23.0 Å². The number of fused-ring (bicyclic) bond motifs is 4. The molecule has 3 aromatic carbocycles. The fourth-order valence-corrected chi connectivity index (χ4v) is 7.14. The highest BCUT2D eigenvalue weighted by Gasteiger charge is 2.21. The first-order valence-corrected chi connectivity index (χ1v) is 20.9. The summed E-state index contributed by atoms with van der Waals surface area (Å²) < 4.78 is 60.3. The Kier molecular flexibility index (Phi) is 19.8. The Hall–Kier alpha value is -2.86. The molecule has 2 heterocycles. The number of rotatable bonds is 12. The lowest BCUT2D eigenvalue weighted by Gasteiger charge is -2.22. The highest BCUT2D eigenvalue weighted by molar-refractivity contribution is 6.08. The van der Waals surface area contributed by atoms with E-state index in [-0.39, 0.29) is 0 Å². The van der Waals surface area contributed by atoms with E-state index in [4.69, 9.17) is 47.4 Å². The third-order valence-electron chi connectivity index (χ3n) is 9.96. The number of unbranched alkanes of at least 4 members (excludes halogenated alkanes) is 8. The summed E-state index contributed by atoms with van der Waals surface area (Å²) in [5.41, 5.74) is 2.62. The highest BCUT2D eigenvalue weighted by atomic mass is 16.6. The Morgan fingerprint density at radius 3 is 0.815 bits per heavy atom. The standard InChI is InChI=1S/C44H66O10/c1-3-5-7-9-11-13-35-37-31-41-43(53-29-25-49-21-17-45-15-19-47-23-27-51-41)33-39(37)36(14-12-10-8-6-4-2)40-34-44-42(32-38(35)40)52-28-24-48-20-16-46-18-22-50-26-30-54-44/h31-34H,3-30H2,1-2H3. The van der Waals surface area contributed by atoms with Gasteiger partial charge in [-0.2, -0.15) is 0 Å². The quantitative estimate of drug-likeness (QED) is 0.132. The number of aryl methyl sites for hydroxylation is 2. The molecule has 0 fully saturated rings. The molecule has 0 saturated carbocycles. The molecule has 0 bridgehead atoms. The predicted octanol–water partition coefficient (Wildman–Crippen LogP) is 8.66. The van der Waals surface area contributed by atoms with Crippen molar-refractivity contribution in [1.82, 2.24) is 0 Å². The van der Waals surface area contributed by atoms with Crippen LogP contribution in [0.3, 0.4) is 0 Å². The Morgan fingerprint density at radius 2 is 0.556 bits per heavy atom. The van der Waals surface area contributed by atoms with Gasteiger partial charge < -0.3 is 47.4 Å². The molecule has 0 amide bonds. The normalized spacial score (nSPS) is 17.7. The van der Waals surface area contributed by atoms with Crippen molar-refractivity contribution in [1.29, 1.82) is 0 Å². The molecule has 3 aromatic rings. The fraction of sp³-hybridized carbons (Fsp3) is 0.682. The molecule has 0 N–H and O–H groups in total. The van der Waals surface area contributed by atoms with E-state index in [9.17, 15) is 0 Å². The minimum absolute atomic E-state index is 0.416. The van der Waals surface area contributed by atoms with Crippen molar-refractivity contribution in [2.45, 2.75) is 90.9 Å². The molecule has 2 aliphatic rings. The maximum Gasteiger partial charge on any atom is 0.161 e. The number of ether oxygens (including phenoxy) is 10. The van der Waals surface area contributed by atoms with Crippen LogP contribution in [-0.4, -0.2) is 106 Å². The van der Waals surface area contributed by atoms with Crippen LogP contribution in [0.2, 0.25) is 0 Å². The summed E-state index contributed by atoms with van der Waals surface area (Å²) in [4.78, 5) is 0. The van der Waals surface area contributed by atoms with Gasteiger partial charge in [-0.1, -0.05) is 65.2 Å². The Morgan fingerprint density at radius 1 is 0.315 bits per heavy atom. The molecule has 54 heavy (non-hydrogen) atoms. The van der Waals surface area contributed by atoms with Gasteiger partial charge in [-0.3, -0.25) is 0 Å². The molecule has 0 spiro atoms. The van der Waals surface area contributed by atoms with Gasteiger partial charge in [-0.25, -0.2) is 0 Å². The molecule has 2 aliphatic heterocycles. The molecule has 0 saturated heterocycles. The van der Waals surface area contributed by atoms with E-state index in [1.165, 1.54) is 84.0 Å². The summed E-state index contributed by atoms with van der Waals surface area (Å²) >= 11 is 0. The zero-order valence-corrected chi connectivity index (χ0v) is 33.2.